The lowest BCUT2D eigenvalue weighted by Gasteiger charge is -2.32. The highest BCUT2D eigenvalue weighted by Crippen LogP contribution is 2.28. The van der Waals surface area contributed by atoms with Crippen LogP contribution in [0.1, 0.15) is 26.7 Å². The number of halogens is 2. The van der Waals surface area contributed by atoms with E-state index in [4.69, 9.17) is 22.1 Å². The lowest BCUT2D eigenvalue weighted by atomic mass is 10.0. The number of nitrogens with two attached hydrogens (primary N) is 1. The smallest absolute Gasteiger partial charge is 0.409 e. The number of nitrogen functional groups attached to an aromatic ring is 1. The molecule has 1 aliphatic rings. The molecule has 23 heavy (non-hydrogen) atoms. The molecule has 1 aliphatic heterocycles. The quantitative estimate of drug-likeness (QED) is 0.817. The summed E-state index contributed by atoms with van der Waals surface area (Å²) in [6.07, 6.45) is 1.28. The predicted molar refractivity (Wildman–Crippen MR) is 90.2 cm³/mol. The van der Waals surface area contributed by atoms with Crippen molar-refractivity contribution in [1.82, 2.24) is 4.90 Å². The zero-order valence-corrected chi connectivity index (χ0v) is 14.2. The van der Waals surface area contributed by atoms with Crippen molar-refractivity contribution in [2.24, 2.45) is 5.92 Å². The Hall–Kier alpha value is -1.69. The highest BCUT2D eigenvalue weighted by atomic mass is 35.5. The first-order chi connectivity index (χ1) is 10.9. The summed E-state index contributed by atoms with van der Waals surface area (Å²) in [7, 11) is 0. The topological polar surface area (TPSA) is 67.6 Å². The maximum Gasteiger partial charge on any atom is 0.409 e. The number of hydrogen-bond acceptors (Lipinski definition) is 4. The summed E-state index contributed by atoms with van der Waals surface area (Å²) in [5.41, 5.74) is 6.75. The molecule has 1 heterocycles. The van der Waals surface area contributed by atoms with E-state index in [1.807, 2.05) is 13.8 Å². The van der Waals surface area contributed by atoms with Crippen molar-refractivity contribution >= 4 is 29.1 Å². The van der Waals surface area contributed by atoms with Gasteiger partial charge in [0.15, 0.2) is 0 Å². The van der Waals surface area contributed by atoms with Crippen molar-refractivity contribution in [2.45, 2.75) is 32.7 Å². The summed E-state index contributed by atoms with van der Waals surface area (Å²) in [5.74, 6) is -0.207. The first-order valence-electron chi connectivity index (χ1n) is 7.79. The number of ether oxygens (including phenoxy) is 1. The van der Waals surface area contributed by atoms with Gasteiger partial charge in [-0.25, -0.2) is 9.18 Å². The van der Waals surface area contributed by atoms with Crippen molar-refractivity contribution in [3.05, 3.63) is 23.0 Å². The summed E-state index contributed by atoms with van der Waals surface area (Å²) in [6, 6.07) is 2.87. The van der Waals surface area contributed by atoms with Gasteiger partial charge in [-0.1, -0.05) is 25.4 Å². The van der Waals surface area contributed by atoms with Gasteiger partial charge in [0.2, 0.25) is 0 Å². The molecular weight excluding hydrogens is 321 g/mol. The highest BCUT2D eigenvalue weighted by Gasteiger charge is 2.24. The van der Waals surface area contributed by atoms with Gasteiger partial charge in [-0.15, -0.1) is 0 Å². The second-order valence-corrected chi connectivity index (χ2v) is 6.64. The van der Waals surface area contributed by atoms with Crippen molar-refractivity contribution < 1.29 is 13.9 Å². The molecule has 0 atom stereocenters. The Morgan fingerprint density at radius 2 is 2.13 bits per heavy atom. The van der Waals surface area contributed by atoms with Crippen LogP contribution in [0.25, 0.3) is 0 Å². The zero-order valence-electron chi connectivity index (χ0n) is 13.4. The number of amides is 1. The van der Waals surface area contributed by atoms with Gasteiger partial charge in [0.05, 0.1) is 23.0 Å². The Balaban J connectivity index is 1.85. The van der Waals surface area contributed by atoms with Gasteiger partial charge >= 0.3 is 6.09 Å². The molecule has 0 aromatic heterocycles. The third-order valence-electron chi connectivity index (χ3n) is 3.75. The fourth-order valence-corrected chi connectivity index (χ4v) is 2.61. The van der Waals surface area contributed by atoms with Crippen molar-refractivity contribution in [2.75, 3.05) is 30.7 Å². The first kappa shape index (κ1) is 17.7. The second kappa shape index (κ2) is 7.73. The molecule has 1 amide bonds. The first-order valence-corrected chi connectivity index (χ1v) is 8.17. The molecule has 0 aliphatic carbocycles. The maximum atomic E-state index is 13.3. The van der Waals surface area contributed by atoms with Crippen LogP contribution >= 0.6 is 11.6 Å². The van der Waals surface area contributed by atoms with E-state index in [1.165, 1.54) is 12.1 Å². The highest BCUT2D eigenvalue weighted by molar-refractivity contribution is 6.31. The number of anilines is 2. The molecule has 0 unspecified atom stereocenters. The number of nitrogens with zero attached hydrogens (tertiary/aromatic N) is 1. The Labute approximate surface area is 140 Å². The van der Waals surface area contributed by atoms with Crippen LogP contribution in [-0.4, -0.2) is 36.7 Å². The van der Waals surface area contributed by atoms with Crippen LogP contribution in [0.5, 0.6) is 0 Å². The number of hydrogen-bond donors (Lipinski definition) is 2. The Morgan fingerprint density at radius 1 is 1.48 bits per heavy atom. The number of rotatable bonds is 4. The minimum absolute atomic E-state index is 0.0383. The average Bonchev–Trinajstić information content (AvgIpc) is 2.51. The molecule has 1 aromatic carbocycles. The van der Waals surface area contributed by atoms with Crippen molar-refractivity contribution in [3.63, 3.8) is 0 Å². The number of carbonyl (C=O) groups excluding carboxylic acids is 1. The summed E-state index contributed by atoms with van der Waals surface area (Å²) >= 11 is 5.79. The molecule has 1 saturated heterocycles. The van der Waals surface area contributed by atoms with Crippen LogP contribution in [0, 0.1) is 11.7 Å². The maximum absolute atomic E-state index is 13.3. The molecule has 2 rings (SSSR count). The van der Waals surface area contributed by atoms with Crippen molar-refractivity contribution in [1.29, 1.82) is 0 Å². The summed E-state index contributed by atoms with van der Waals surface area (Å²) in [4.78, 5) is 13.6. The predicted octanol–water partition coefficient (Wildman–Crippen LogP) is 3.73. The molecule has 1 aromatic rings. The van der Waals surface area contributed by atoms with Gasteiger partial charge in [0, 0.05) is 25.2 Å². The molecular formula is C16H23ClFN3O2. The van der Waals surface area contributed by atoms with E-state index in [0.717, 1.165) is 12.8 Å². The molecule has 1 fully saturated rings. The fraction of sp³-hybridized carbons (Fsp3) is 0.562. The molecule has 0 radical (unpaired) electrons. The molecule has 0 saturated carbocycles. The van der Waals surface area contributed by atoms with Crippen LogP contribution in [0.4, 0.5) is 20.6 Å². The number of piperidine rings is 1. The SMILES string of the molecule is CC(C)COC(=O)N1CCC(Nc2cc(Cl)c(F)cc2N)CC1. The number of carbonyl (C=O) groups is 1. The number of likely N-dealkylation sites (tertiary alicyclic amines) is 1. The van der Waals surface area contributed by atoms with Gasteiger partial charge in [-0.05, 0) is 24.8 Å². The standard InChI is InChI=1S/C16H23ClFN3O2/c1-10(2)9-23-16(22)21-5-3-11(4-6-21)20-15-7-12(17)13(18)8-14(15)19/h7-8,10-11,20H,3-6,9,19H2,1-2H3. The molecule has 7 heteroatoms. The molecule has 3 N–H and O–H groups in total. The third-order valence-corrected chi connectivity index (χ3v) is 4.04. The lowest BCUT2D eigenvalue weighted by molar-refractivity contribution is 0.0845. The molecule has 0 bridgehead atoms. The van der Waals surface area contributed by atoms with Gasteiger partial charge in [0.25, 0.3) is 0 Å². The minimum Gasteiger partial charge on any atom is -0.449 e. The van der Waals surface area contributed by atoms with Crippen LogP contribution in [-0.2, 0) is 4.74 Å². The average molecular weight is 344 g/mol. The van der Waals surface area contributed by atoms with E-state index < -0.39 is 5.82 Å². The largest absolute Gasteiger partial charge is 0.449 e. The number of nitrogens with one attached hydrogen (secondary N) is 1. The molecule has 128 valence electrons. The normalized spacial score (nSPS) is 15.8. The van der Waals surface area contributed by atoms with Crippen LogP contribution in [0.15, 0.2) is 12.1 Å². The minimum atomic E-state index is -0.530. The van der Waals surface area contributed by atoms with Gasteiger partial charge in [-0.3, -0.25) is 0 Å². The van der Waals surface area contributed by atoms with Crippen LogP contribution in [0.3, 0.4) is 0 Å². The molecule has 0 spiro atoms. The van der Waals surface area contributed by atoms with E-state index in [2.05, 4.69) is 5.32 Å². The van der Waals surface area contributed by atoms with Crippen molar-refractivity contribution in [3.8, 4) is 0 Å². The zero-order chi connectivity index (χ0) is 17.0. The summed E-state index contributed by atoms with van der Waals surface area (Å²) in [5, 5.41) is 3.31. The van der Waals surface area contributed by atoms with E-state index in [0.29, 0.717) is 37.0 Å². The van der Waals surface area contributed by atoms with E-state index >= 15 is 0 Å². The van der Waals surface area contributed by atoms with E-state index in [9.17, 15) is 9.18 Å². The van der Waals surface area contributed by atoms with Gasteiger partial charge in [-0.2, -0.15) is 0 Å². The summed E-state index contributed by atoms with van der Waals surface area (Å²) < 4.78 is 18.5. The van der Waals surface area contributed by atoms with E-state index in [-0.39, 0.29) is 17.2 Å². The molecule has 5 nitrogen and oxygen atoms in total. The Kier molecular flexibility index (Phi) is 5.93. The van der Waals surface area contributed by atoms with Gasteiger partial charge < -0.3 is 20.7 Å². The summed E-state index contributed by atoms with van der Waals surface area (Å²) in [6.45, 7) is 5.66. The fourth-order valence-electron chi connectivity index (χ4n) is 2.44. The van der Waals surface area contributed by atoms with E-state index in [1.54, 1.807) is 4.90 Å². The second-order valence-electron chi connectivity index (χ2n) is 6.23. The Morgan fingerprint density at radius 3 is 2.74 bits per heavy atom. The number of benzene rings is 1. The third kappa shape index (κ3) is 4.89. The monoisotopic (exact) mass is 343 g/mol. The van der Waals surface area contributed by atoms with Crippen LogP contribution in [0.2, 0.25) is 5.02 Å². The Bertz CT molecular complexity index is 561. The lowest BCUT2D eigenvalue weighted by Crippen LogP contribution is -2.43. The van der Waals surface area contributed by atoms with Gasteiger partial charge in [0.1, 0.15) is 5.82 Å². The van der Waals surface area contributed by atoms with Crippen LogP contribution < -0.4 is 11.1 Å².